The molecule has 1 fully saturated rings. The maximum atomic E-state index is 13.4. The number of hydrogen-bond acceptors (Lipinski definition) is 2. The topological polar surface area (TPSA) is 49.4 Å². The molecule has 0 spiro atoms. The first-order chi connectivity index (χ1) is 13.1. The number of carbonyl (C=O) groups is 2. The van der Waals surface area contributed by atoms with Gasteiger partial charge in [0, 0.05) is 25.2 Å². The summed E-state index contributed by atoms with van der Waals surface area (Å²) in [6.45, 7) is 0. The fraction of sp³-hybridized carbons (Fsp3) is 0.391. The van der Waals surface area contributed by atoms with Crippen molar-refractivity contribution in [3.63, 3.8) is 0 Å². The van der Waals surface area contributed by atoms with E-state index in [2.05, 4.69) is 17.4 Å². The number of nitrogens with zero attached hydrogens (tertiary/aromatic N) is 1. The van der Waals surface area contributed by atoms with Gasteiger partial charge in [-0.2, -0.15) is 0 Å². The van der Waals surface area contributed by atoms with Gasteiger partial charge >= 0.3 is 0 Å². The van der Waals surface area contributed by atoms with Gasteiger partial charge < -0.3 is 10.2 Å². The predicted octanol–water partition coefficient (Wildman–Crippen LogP) is 3.59. The van der Waals surface area contributed by atoms with Gasteiger partial charge in [0.05, 0.1) is 5.41 Å². The summed E-state index contributed by atoms with van der Waals surface area (Å²) in [4.78, 5) is 27.6. The number of rotatable bonds is 6. The second kappa shape index (κ2) is 7.18. The Morgan fingerprint density at radius 2 is 1.81 bits per heavy atom. The minimum atomic E-state index is -0.677. The molecule has 0 aromatic heterocycles. The van der Waals surface area contributed by atoms with Crippen LogP contribution in [0.4, 0.5) is 5.69 Å². The van der Waals surface area contributed by atoms with Gasteiger partial charge in [0.2, 0.25) is 11.8 Å². The van der Waals surface area contributed by atoms with Crippen molar-refractivity contribution in [3.8, 4) is 0 Å². The van der Waals surface area contributed by atoms with E-state index >= 15 is 0 Å². The normalized spacial score (nSPS) is 21.7. The Kier molecular flexibility index (Phi) is 4.73. The summed E-state index contributed by atoms with van der Waals surface area (Å²) in [5, 5.41) is 3.11. The molecule has 1 unspecified atom stereocenters. The number of likely N-dealkylation sites (N-methyl/N-ethyl adjacent to an activating group) is 1. The zero-order chi connectivity index (χ0) is 18.9. The quantitative estimate of drug-likeness (QED) is 0.854. The molecule has 0 saturated heterocycles. The van der Waals surface area contributed by atoms with Gasteiger partial charge in [-0.25, -0.2) is 0 Å². The zero-order valence-electron chi connectivity index (χ0n) is 15.8. The van der Waals surface area contributed by atoms with E-state index in [0.29, 0.717) is 25.3 Å². The lowest BCUT2D eigenvalue weighted by Gasteiger charge is -2.30. The standard InChI is InChI=1S/C23H26N2O2/c1-25-20-13-6-5-12-19(20)23(22(25)27,16-17-8-3-2-4-9-17)15-14-21(26)24-18-10-7-11-18/h2-6,8-9,12-13,18H,7,10-11,14-16H2,1H3,(H,24,26). The van der Waals surface area contributed by atoms with E-state index in [1.165, 1.54) is 6.42 Å². The maximum Gasteiger partial charge on any atom is 0.237 e. The minimum absolute atomic E-state index is 0.0620. The minimum Gasteiger partial charge on any atom is -0.353 e. The average molecular weight is 362 g/mol. The first-order valence-corrected chi connectivity index (χ1v) is 9.81. The number of anilines is 1. The Balaban J connectivity index is 1.63. The van der Waals surface area contributed by atoms with Crippen LogP contribution < -0.4 is 10.2 Å². The van der Waals surface area contributed by atoms with Crippen LogP contribution in [0.25, 0.3) is 0 Å². The third-order valence-corrected chi connectivity index (χ3v) is 6.09. The van der Waals surface area contributed by atoms with Gasteiger partial charge in [-0.1, -0.05) is 48.5 Å². The highest BCUT2D eigenvalue weighted by Crippen LogP contribution is 2.46. The Morgan fingerprint density at radius 1 is 1.11 bits per heavy atom. The number of para-hydroxylation sites is 1. The number of amides is 2. The van der Waals surface area contributed by atoms with Crippen molar-refractivity contribution in [2.24, 2.45) is 0 Å². The zero-order valence-corrected chi connectivity index (χ0v) is 15.8. The average Bonchev–Trinajstić information content (AvgIpc) is 2.87. The summed E-state index contributed by atoms with van der Waals surface area (Å²) in [7, 11) is 1.84. The van der Waals surface area contributed by atoms with Crippen LogP contribution in [0.5, 0.6) is 0 Å². The van der Waals surface area contributed by atoms with Crippen LogP contribution in [0.1, 0.15) is 43.2 Å². The van der Waals surface area contributed by atoms with Gasteiger partial charge in [-0.05, 0) is 49.3 Å². The van der Waals surface area contributed by atoms with Crippen LogP contribution in [0.3, 0.4) is 0 Å². The van der Waals surface area contributed by atoms with Crippen molar-refractivity contribution in [1.29, 1.82) is 0 Å². The van der Waals surface area contributed by atoms with Gasteiger partial charge in [-0.3, -0.25) is 9.59 Å². The van der Waals surface area contributed by atoms with Gasteiger partial charge in [0.15, 0.2) is 0 Å². The Morgan fingerprint density at radius 3 is 2.52 bits per heavy atom. The van der Waals surface area contributed by atoms with E-state index in [1.54, 1.807) is 4.90 Å². The van der Waals surface area contributed by atoms with Crippen molar-refractivity contribution >= 4 is 17.5 Å². The van der Waals surface area contributed by atoms with Crippen LogP contribution >= 0.6 is 0 Å². The molecule has 1 aliphatic heterocycles. The number of hydrogen-bond donors (Lipinski definition) is 1. The number of nitrogens with one attached hydrogen (secondary N) is 1. The summed E-state index contributed by atoms with van der Waals surface area (Å²) in [5.74, 6) is 0.149. The largest absolute Gasteiger partial charge is 0.353 e. The molecule has 27 heavy (non-hydrogen) atoms. The van der Waals surface area contributed by atoms with Gasteiger partial charge in [-0.15, -0.1) is 0 Å². The molecular formula is C23H26N2O2. The molecule has 4 heteroatoms. The highest BCUT2D eigenvalue weighted by Gasteiger charge is 2.49. The first kappa shape index (κ1) is 17.8. The van der Waals surface area contributed by atoms with E-state index in [-0.39, 0.29) is 11.8 Å². The molecule has 4 nitrogen and oxygen atoms in total. The molecule has 2 aromatic rings. The lowest BCUT2D eigenvalue weighted by Crippen LogP contribution is -2.43. The first-order valence-electron chi connectivity index (χ1n) is 9.81. The van der Waals surface area contributed by atoms with Crippen LogP contribution in [0.2, 0.25) is 0 Å². The Hall–Kier alpha value is -2.62. The predicted molar refractivity (Wildman–Crippen MR) is 107 cm³/mol. The second-order valence-corrected chi connectivity index (χ2v) is 7.82. The summed E-state index contributed by atoms with van der Waals surface area (Å²) in [5.41, 5.74) is 2.44. The fourth-order valence-corrected chi connectivity index (χ4v) is 4.34. The molecule has 0 radical (unpaired) electrons. The third-order valence-electron chi connectivity index (χ3n) is 6.09. The van der Waals surface area contributed by atoms with E-state index in [4.69, 9.17) is 0 Å². The van der Waals surface area contributed by atoms with Crippen molar-refractivity contribution in [1.82, 2.24) is 5.32 Å². The third kappa shape index (κ3) is 3.25. The van der Waals surface area contributed by atoms with Crippen LogP contribution in [0.15, 0.2) is 54.6 Å². The molecule has 0 bridgehead atoms. The summed E-state index contributed by atoms with van der Waals surface area (Å²) >= 11 is 0. The van der Waals surface area contributed by atoms with Crippen LogP contribution in [-0.2, 0) is 21.4 Å². The molecule has 1 aliphatic carbocycles. The Labute approximate surface area is 160 Å². The number of benzene rings is 2. The van der Waals surface area contributed by atoms with E-state index < -0.39 is 5.41 Å². The molecule has 2 aromatic carbocycles. The number of carbonyl (C=O) groups excluding carboxylic acids is 2. The monoisotopic (exact) mass is 362 g/mol. The van der Waals surface area contributed by atoms with E-state index in [1.807, 2.05) is 49.5 Å². The van der Waals surface area contributed by atoms with E-state index in [9.17, 15) is 9.59 Å². The highest BCUT2D eigenvalue weighted by atomic mass is 16.2. The maximum absolute atomic E-state index is 13.4. The molecule has 1 atom stereocenters. The van der Waals surface area contributed by atoms with Crippen molar-refractivity contribution < 1.29 is 9.59 Å². The molecule has 2 aliphatic rings. The van der Waals surface area contributed by atoms with Crippen molar-refractivity contribution in [2.75, 3.05) is 11.9 Å². The van der Waals surface area contributed by atoms with Crippen LogP contribution in [0, 0.1) is 0 Å². The smallest absolute Gasteiger partial charge is 0.237 e. The molecule has 1 heterocycles. The fourth-order valence-electron chi connectivity index (χ4n) is 4.34. The molecular weight excluding hydrogens is 336 g/mol. The van der Waals surface area contributed by atoms with Crippen molar-refractivity contribution in [3.05, 3.63) is 65.7 Å². The molecule has 1 N–H and O–H groups in total. The molecule has 4 rings (SSSR count). The molecule has 1 saturated carbocycles. The summed E-state index contributed by atoms with van der Waals surface area (Å²) < 4.78 is 0. The lowest BCUT2D eigenvalue weighted by atomic mass is 9.73. The lowest BCUT2D eigenvalue weighted by molar-refractivity contribution is -0.125. The molecule has 2 amide bonds. The Bertz CT molecular complexity index is 844. The number of fused-ring (bicyclic) bond motifs is 1. The molecule has 140 valence electrons. The summed E-state index contributed by atoms with van der Waals surface area (Å²) in [6.07, 6.45) is 4.86. The van der Waals surface area contributed by atoms with Crippen LogP contribution in [-0.4, -0.2) is 24.9 Å². The highest BCUT2D eigenvalue weighted by molar-refractivity contribution is 6.08. The van der Waals surface area contributed by atoms with Gasteiger partial charge in [0.25, 0.3) is 0 Å². The van der Waals surface area contributed by atoms with Gasteiger partial charge in [0.1, 0.15) is 0 Å². The second-order valence-electron chi connectivity index (χ2n) is 7.82. The summed E-state index contributed by atoms with van der Waals surface area (Å²) in [6, 6.07) is 18.4. The van der Waals surface area contributed by atoms with E-state index in [0.717, 1.165) is 29.7 Å². The van der Waals surface area contributed by atoms with Crippen molar-refractivity contribution in [2.45, 2.75) is 50.0 Å². The SMILES string of the molecule is CN1C(=O)C(CCC(=O)NC2CCC2)(Cc2ccccc2)c2ccccc21.